The van der Waals surface area contributed by atoms with Crippen LogP contribution in [0.3, 0.4) is 0 Å². The summed E-state index contributed by atoms with van der Waals surface area (Å²) in [7, 11) is 0. The van der Waals surface area contributed by atoms with Gasteiger partial charge in [0.1, 0.15) is 11.2 Å². The highest BCUT2D eigenvalue weighted by Gasteiger charge is 2.41. The molecule has 0 aromatic carbocycles. The van der Waals surface area contributed by atoms with Gasteiger partial charge in [-0.1, -0.05) is 12.2 Å². The van der Waals surface area contributed by atoms with Crippen LogP contribution in [0.5, 0.6) is 0 Å². The van der Waals surface area contributed by atoms with Crippen LogP contribution in [-0.2, 0) is 19.1 Å². The lowest BCUT2D eigenvalue weighted by atomic mass is 9.99. The highest BCUT2D eigenvalue weighted by Crippen LogP contribution is 2.44. The van der Waals surface area contributed by atoms with Crippen molar-refractivity contribution >= 4 is 11.9 Å². The van der Waals surface area contributed by atoms with Crippen LogP contribution in [0.4, 0.5) is 0 Å². The van der Waals surface area contributed by atoms with Crippen LogP contribution >= 0.6 is 0 Å². The fraction of sp³-hybridized carbons (Fsp3) is 0.647. The van der Waals surface area contributed by atoms with Crippen molar-refractivity contribution in [1.82, 2.24) is 0 Å². The molecule has 0 aromatic heterocycles. The summed E-state index contributed by atoms with van der Waals surface area (Å²) < 4.78 is 10.8. The van der Waals surface area contributed by atoms with Gasteiger partial charge in [-0.15, -0.1) is 0 Å². The average Bonchev–Trinajstić information content (AvgIpc) is 2.82. The molecule has 4 heteroatoms. The number of fused-ring (bicyclic) bond motifs is 2. The third kappa shape index (κ3) is 3.74. The molecule has 0 heterocycles. The Labute approximate surface area is 126 Å². The maximum absolute atomic E-state index is 12.1. The van der Waals surface area contributed by atoms with Crippen molar-refractivity contribution in [2.24, 2.45) is 11.8 Å². The molecular formula is C17H24O4. The third-order valence-corrected chi connectivity index (χ3v) is 3.34. The van der Waals surface area contributed by atoms with Gasteiger partial charge < -0.3 is 9.47 Å². The van der Waals surface area contributed by atoms with Crippen molar-refractivity contribution in [3.8, 4) is 0 Å². The van der Waals surface area contributed by atoms with Gasteiger partial charge in [-0.2, -0.15) is 0 Å². The molecule has 0 saturated carbocycles. The molecule has 2 aliphatic rings. The maximum atomic E-state index is 12.1. The third-order valence-electron chi connectivity index (χ3n) is 3.34. The van der Waals surface area contributed by atoms with Crippen LogP contribution in [0.1, 0.15) is 48.0 Å². The molecule has 21 heavy (non-hydrogen) atoms. The molecule has 0 spiro atoms. The summed E-state index contributed by atoms with van der Waals surface area (Å²) in [6, 6.07) is 0. The molecule has 0 amide bonds. The molecule has 4 nitrogen and oxygen atoms in total. The van der Waals surface area contributed by atoms with E-state index in [0.29, 0.717) is 11.1 Å². The van der Waals surface area contributed by atoms with E-state index in [4.69, 9.17) is 9.47 Å². The van der Waals surface area contributed by atoms with Crippen LogP contribution in [0.2, 0.25) is 0 Å². The number of allylic oxidation sites excluding steroid dienone is 2. The zero-order valence-electron chi connectivity index (χ0n) is 13.6. The van der Waals surface area contributed by atoms with Crippen molar-refractivity contribution < 1.29 is 19.1 Å². The molecule has 0 aromatic rings. The number of hydrogen-bond acceptors (Lipinski definition) is 4. The van der Waals surface area contributed by atoms with Gasteiger partial charge in [-0.05, 0) is 48.0 Å². The fourth-order valence-electron chi connectivity index (χ4n) is 2.64. The highest BCUT2D eigenvalue weighted by atomic mass is 16.6. The Balaban J connectivity index is 2.04. The van der Waals surface area contributed by atoms with E-state index in [1.54, 1.807) is 0 Å². The van der Waals surface area contributed by atoms with E-state index in [1.165, 1.54) is 0 Å². The molecule has 0 fully saturated rings. The maximum Gasteiger partial charge on any atom is 0.334 e. The normalized spacial score (nSPS) is 24.5. The van der Waals surface area contributed by atoms with Crippen molar-refractivity contribution in [3.05, 3.63) is 23.3 Å². The Bertz CT molecular complexity index is 478. The van der Waals surface area contributed by atoms with E-state index in [1.807, 2.05) is 53.7 Å². The Kier molecular flexibility index (Phi) is 3.77. The van der Waals surface area contributed by atoms with Gasteiger partial charge >= 0.3 is 11.9 Å². The van der Waals surface area contributed by atoms with Gasteiger partial charge in [0.05, 0.1) is 0 Å². The first kappa shape index (κ1) is 15.8. The Hall–Kier alpha value is -1.58. The van der Waals surface area contributed by atoms with Crippen LogP contribution in [0.25, 0.3) is 0 Å². The van der Waals surface area contributed by atoms with Crippen molar-refractivity contribution in [3.63, 3.8) is 0 Å². The summed E-state index contributed by atoms with van der Waals surface area (Å²) in [5.74, 6) is -0.608. The first-order chi connectivity index (χ1) is 9.46. The molecule has 0 aliphatic heterocycles. The molecule has 2 aliphatic carbocycles. The SMILES string of the molecule is CC(C)(C)OC(=O)C1=CC2CC1C=C2C(=O)OC(C)(C)C. The van der Waals surface area contributed by atoms with Gasteiger partial charge in [0, 0.05) is 23.0 Å². The molecular weight excluding hydrogens is 268 g/mol. The van der Waals surface area contributed by atoms with Crippen molar-refractivity contribution in [1.29, 1.82) is 0 Å². The zero-order chi connectivity index (χ0) is 16.0. The molecule has 116 valence electrons. The summed E-state index contributed by atoms with van der Waals surface area (Å²) in [6.45, 7) is 11.1. The minimum Gasteiger partial charge on any atom is -0.457 e. The van der Waals surface area contributed by atoms with Crippen LogP contribution in [0.15, 0.2) is 23.3 Å². The molecule has 2 atom stereocenters. The number of ether oxygens (including phenoxy) is 2. The Morgan fingerprint density at radius 1 is 0.857 bits per heavy atom. The summed E-state index contributed by atoms with van der Waals surface area (Å²) in [6.07, 6.45) is 4.49. The summed E-state index contributed by atoms with van der Waals surface area (Å²) in [5.41, 5.74) is 0.332. The number of rotatable bonds is 2. The van der Waals surface area contributed by atoms with E-state index >= 15 is 0 Å². The predicted molar refractivity (Wildman–Crippen MR) is 79.5 cm³/mol. The van der Waals surface area contributed by atoms with E-state index < -0.39 is 11.2 Å². The zero-order valence-corrected chi connectivity index (χ0v) is 13.6. The van der Waals surface area contributed by atoms with Crippen LogP contribution < -0.4 is 0 Å². The number of carbonyl (C=O) groups excluding carboxylic acids is 2. The van der Waals surface area contributed by atoms with Gasteiger partial charge in [-0.25, -0.2) is 9.59 Å². The van der Waals surface area contributed by atoms with Gasteiger partial charge in [-0.3, -0.25) is 0 Å². The molecule has 2 bridgehead atoms. The van der Waals surface area contributed by atoms with Crippen LogP contribution in [0, 0.1) is 11.8 Å². The van der Waals surface area contributed by atoms with Crippen molar-refractivity contribution in [2.75, 3.05) is 0 Å². The summed E-state index contributed by atoms with van der Waals surface area (Å²) in [4.78, 5) is 24.2. The lowest BCUT2D eigenvalue weighted by Gasteiger charge is -2.23. The van der Waals surface area contributed by atoms with E-state index in [-0.39, 0.29) is 23.8 Å². The highest BCUT2D eigenvalue weighted by molar-refractivity contribution is 5.96. The average molecular weight is 292 g/mol. The summed E-state index contributed by atoms with van der Waals surface area (Å²) in [5, 5.41) is 0. The topological polar surface area (TPSA) is 52.6 Å². The molecule has 0 radical (unpaired) electrons. The lowest BCUT2D eigenvalue weighted by Crippen LogP contribution is -2.27. The first-order valence-corrected chi connectivity index (χ1v) is 7.36. The predicted octanol–water partition coefficient (Wildman–Crippen LogP) is 3.17. The van der Waals surface area contributed by atoms with Gasteiger partial charge in [0.2, 0.25) is 0 Å². The number of carbonyl (C=O) groups is 2. The quantitative estimate of drug-likeness (QED) is 0.734. The summed E-state index contributed by atoms with van der Waals surface area (Å²) >= 11 is 0. The van der Waals surface area contributed by atoms with E-state index in [9.17, 15) is 9.59 Å². The van der Waals surface area contributed by atoms with E-state index in [0.717, 1.165) is 6.42 Å². The molecule has 0 N–H and O–H groups in total. The molecule has 2 unspecified atom stereocenters. The second-order valence-corrected chi connectivity index (χ2v) is 7.70. The second-order valence-electron chi connectivity index (χ2n) is 7.70. The van der Waals surface area contributed by atoms with Gasteiger partial charge in [0.25, 0.3) is 0 Å². The number of esters is 2. The lowest BCUT2D eigenvalue weighted by molar-refractivity contribution is -0.151. The number of hydrogen-bond donors (Lipinski definition) is 0. The fourth-order valence-corrected chi connectivity index (χ4v) is 2.64. The largest absolute Gasteiger partial charge is 0.457 e. The van der Waals surface area contributed by atoms with Crippen LogP contribution in [-0.4, -0.2) is 23.1 Å². The second kappa shape index (κ2) is 5.00. The first-order valence-electron chi connectivity index (χ1n) is 7.36. The standard InChI is InChI=1S/C17H24O4/c1-16(2,3)20-14(18)12-8-11-7-10(12)9-13(11)15(19)21-17(4,5)6/h8-11H,7H2,1-6H3. The van der Waals surface area contributed by atoms with Gasteiger partial charge in [0.15, 0.2) is 0 Å². The van der Waals surface area contributed by atoms with Crippen molar-refractivity contribution in [2.45, 2.75) is 59.2 Å². The molecule has 2 rings (SSSR count). The molecule has 0 saturated heterocycles. The smallest absolute Gasteiger partial charge is 0.334 e. The monoisotopic (exact) mass is 292 g/mol. The Morgan fingerprint density at radius 2 is 1.19 bits per heavy atom. The minimum atomic E-state index is -0.503. The van der Waals surface area contributed by atoms with E-state index in [2.05, 4.69) is 0 Å². The minimum absolute atomic E-state index is 0.0210. The Morgan fingerprint density at radius 3 is 1.43 bits per heavy atom.